The van der Waals surface area contributed by atoms with Gasteiger partial charge in [0.25, 0.3) is 0 Å². The molecule has 5 heteroatoms. The minimum Gasteiger partial charge on any atom is -0.395 e. The van der Waals surface area contributed by atoms with Crippen LogP contribution >= 0.6 is 7.82 Å². The molecule has 0 saturated heterocycles. The molecule has 1 unspecified atom stereocenters. The second-order valence-corrected chi connectivity index (χ2v) is 7.04. The Kier molecular flexibility index (Phi) is 4.93. The second kappa shape index (κ2) is 7.14. The molecule has 0 aliphatic rings. The van der Waals surface area contributed by atoms with Gasteiger partial charge in [-0.25, -0.2) is 4.57 Å². The Morgan fingerprint density at radius 2 is 1.40 bits per heavy atom. The molecule has 0 amide bonds. The summed E-state index contributed by atoms with van der Waals surface area (Å²) >= 11 is 0. The van der Waals surface area contributed by atoms with E-state index in [9.17, 15) is 9.46 Å². The molecule has 0 aliphatic carbocycles. The molecule has 0 aliphatic heterocycles. The Bertz CT molecular complexity index is 922. The molecular formula is C20H19O4P. The van der Waals surface area contributed by atoms with Crippen molar-refractivity contribution >= 4 is 7.82 Å². The van der Waals surface area contributed by atoms with Crippen LogP contribution in [0.25, 0.3) is 11.1 Å². The first kappa shape index (κ1) is 17.3. The zero-order valence-corrected chi connectivity index (χ0v) is 14.9. The fourth-order valence-corrected chi connectivity index (χ4v) is 3.50. The third-order valence-corrected chi connectivity index (χ3v) is 4.65. The van der Waals surface area contributed by atoms with Gasteiger partial charge in [-0.2, -0.15) is 0 Å². The van der Waals surface area contributed by atoms with Gasteiger partial charge in [0, 0.05) is 5.56 Å². The van der Waals surface area contributed by atoms with E-state index in [-0.39, 0.29) is 0 Å². The van der Waals surface area contributed by atoms with Crippen LogP contribution in [0, 0.1) is 13.8 Å². The Balaban J connectivity index is 1.95. The van der Waals surface area contributed by atoms with Gasteiger partial charge in [-0.05, 0) is 36.6 Å². The fraction of sp³-hybridized carbons (Fsp3) is 0.100. The third kappa shape index (κ3) is 4.11. The van der Waals surface area contributed by atoms with Crippen molar-refractivity contribution < 1.29 is 18.5 Å². The van der Waals surface area contributed by atoms with Crippen molar-refractivity contribution in [3.05, 3.63) is 83.9 Å². The van der Waals surface area contributed by atoms with Crippen LogP contribution in [0.3, 0.4) is 0 Å². The van der Waals surface area contributed by atoms with Gasteiger partial charge in [0.1, 0.15) is 11.5 Å². The van der Waals surface area contributed by atoms with E-state index in [1.807, 2.05) is 61.5 Å². The topological polar surface area (TPSA) is 55.8 Å². The molecule has 1 atom stereocenters. The lowest BCUT2D eigenvalue weighted by molar-refractivity contribution is 0.290. The van der Waals surface area contributed by atoms with Gasteiger partial charge in [-0.15, -0.1) is 0 Å². The maximum Gasteiger partial charge on any atom is 0.584 e. The van der Waals surface area contributed by atoms with Crippen LogP contribution in [0.4, 0.5) is 0 Å². The van der Waals surface area contributed by atoms with Crippen LogP contribution in [0.2, 0.25) is 0 Å². The van der Waals surface area contributed by atoms with Crippen LogP contribution in [0.15, 0.2) is 72.8 Å². The summed E-state index contributed by atoms with van der Waals surface area (Å²) in [5.41, 5.74) is 3.15. The number of rotatable bonds is 5. The maximum atomic E-state index is 12.6. The summed E-state index contributed by atoms with van der Waals surface area (Å²) in [4.78, 5) is 10.3. The third-order valence-electron chi connectivity index (χ3n) is 3.81. The lowest BCUT2D eigenvalue weighted by Gasteiger charge is -2.18. The number of aryl methyl sites for hydroxylation is 2. The molecule has 0 spiro atoms. The molecule has 3 aromatic carbocycles. The average Bonchev–Trinajstić information content (AvgIpc) is 2.59. The fourth-order valence-electron chi connectivity index (χ4n) is 2.54. The summed E-state index contributed by atoms with van der Waals surface area (Å²) in [6, 6.07) is 22.2. The van der Waals surface area contributed by atoms with E-state index in [1.54, 1.807) is 25.1 Å². The van der Waals surface area contributed by atoms with E-state index < -0.39 is 7.82 Å². The zero-order valence-electron chi connectivity index (χ0n) is 14.0. The SMILES string of the molecule is Cc1ccccc1OP(=O)(O)Oc1c(C)cccc1-c1ccccc1. The Morgan fingerprint density at radius 3 is 2.12 bits per heavy atom. The Morgan fingerprint density at radius 1 is 0.760 bits per heavy atom. The molecule has 25 heavy (non-hydrogen) atoms. The molecule has 128 valence electrons. The van der Waals surface area contributed by atoms with Crippen LogP contribution in [0.1, 0.15) is 11.1 Å². The van der Waals surface area contributed by atoms with Gasteiger partial charge in [0.2, 0.25) is 0 Å². The number of phosphoric ester groups is 1. The summed E-state index contributed by atoms with van der Waals surface area (Å²) < 4.78 is 23.3. The van der Waals surface area contributed by atoms with E-state index >= 15 is 0 Å². The summed E-state index contributed by atoms with van der Waals surface area (Å²) in [6.45, 7) is 3.63. The van der Waals surface area contributed by atoms with Crippen molar-refractivity contribution in [1.29, 1.82) is 0 Å². The molecule has 0 aromatic heterocycles. The first-order valence-electron chi connectivity index (χ1n) is 7.89. The largest absolute Gasteiger partial charge is 0.584 e. The highest BCUT2D eigenvalue weighted by molar-refractivity contribution is 7.48. The number of hydrogen-bond donors (Lipinski definition) is 1. The maximum absolute atomic E-state index is 12.6. The van der Waals surface area contributed by atoms with Crippen molar-refractivity contribution in [2.45, 2.75) is 13.8 Å². The van der Waals surface area contributed by atoms with E-state index in [2.05, 4.69) is 0 Å². The normalized spacial score (nSPS) is 13.1. The van der Waals surface area contributed by atoms with Crippen LogP contribution in [-0.4, -0.2) is 4.89 Å². The standard InChI is InChI=1S/C20H19O4P/c1-15-9-6-7-14-19(15)23-25(21,22)24-20-16(2)10-8-13-18(20)17-11-4-3-5-12-17/h3-14H,1-2H3,(H,21,22). The number of hydrogen-bond acceptors (Lipinski definition) is 3. The Labute approximate surface area is 147 Å². The molecule has 3 aromatic rings. The minimum atomic E-state index is -4.34. The van der Waals surface area contributed by atoms with Crippen LogP contribution < -0.4 is 9.05 Å². The first-order chi connectivity index (χ1) is 12.0. The second-order valence-electron chi connectivity index (χ2n) is 5.73. The van der Waals surface area contributed by atoms with Gasteiger partial charge in [-0.3, -0.25) is 4.89 Å². The monoisotopic (exact) mass is 354 g/mol. The number of phosphoric acid groups is 1. The van der Waals surface area contributed by atoms with E-state index in [0.29, 0.717) is 11.5 Å². The lowest BCUT2D eigenvalue weighted by Crippen LogP contribution is -2.03. The van der Waals surface area contributed by atoms with Gasteiger partial charge in [0.15, 0.2) is 0 Å². The molecule has 3 rings (SSSR count). The van der Waals surface area contributed by atoms with Crippen molar-refractivity contribution in [1.82, 2.24) is 0 Å². The minimum absolute atomic E-state index is 0.322. The molecular weight excluding hydrogens is 335 g/mol. The zero-order chi connectivity index (χ0) is 17.9. The predicted molar refractivity (Wildman–Crippen MR) is 98.9 cm³/mol. The molecule has 0 fully saturated rings. The number of benzene rings is 3. The van der Waals surface area contributed by atoms with Crippen LogP contribution in [-0.2, 0) is 4.57 Å². The molecule has 0 heterocycles. The van der Waals surface area contributed by atoms with Crippen molar-refractivity contribution in [3.8, 4) is 22.6 Å². The summed E-state index contributed by atoms with van der Waals surface area (Å²) in [7, 11) is -4.34. The van der Waals surface area contributed by atoms with Gasteiger partial charge >= 0.3 is 7.82 Å². The van der Waals surface area contributed by atoms with Gasteiger partial charge in [0.05, 0.1) is 0 Å². The highest BCUT2D eigenvalue weighted by Gasteiger charge is 2.28. The highest BCUT2D eigenvalue weighted by Crippen LogP contribution is 2.48. The quantitative estimate of drug-likeness (QED) is 0.612. The van der Waals surface area contributed by atoms with E-state index in [0.717, 1.165) is 22.3 Å². The van der Waals surface area contributed by atoms with Crippen molar-refractivity contribution in [2.75, 3.05) is 0 Å². The summed E-state index contributed by atoms with van der Waals surface area (Å²) in [5.74, 6) is 0.663. The summed E-state index contributed by atoms with van der Waals surface area (Å²) in [5, 5.41) is 0. The molecule has 0 bridgehead atoms. The van der Waals surface area contributed by atoms with Gasteiger partial charge < -0.3 is 9.05 Å². The molecule has 0 radical (unpaired) electrons. The van der Waals surface area contributed by atoms with Gasteiger partial charge in [-0.1, -0.05) is 66.7 Å². The van der Waals surface area contributed by atoms with E-state index in [1.165, 1.54) is 0 Å². The summed E-state index contributed by atoms with van der Waals surface area (Å²) in [6.07, 6.45) is 0. The molecule has 1 N–H and O–H groups in total. The van der Waals surface area contributed by atoms with Crippen LogP contribution in [0.5, 0.6) is 11.5 Å². The van der Waals surface area contributed by atoms with Crippen molar-refractivity contribution in [2.24, 2.45) is 0 Å². The van der Waals surface area contributed by atoms with Crippen molar-refractivity contribution in [3.63, 3.8) is 0 Å². The Hall–Kier alpha value is -2.55. The van der Waals surface area contributed by atoms with E-state index in [4.69, 9.17) is 9.05 Å². The lowest BCUT2D eigenvalue weighted by atomic mass is 10.0. The predicted octanol–water partition coefficient (Wildman–Crippen LogP) is 5.53. The highest BCUT2D eigenvalue weighted by atomic mass is 31.2. The molecule has 4 nitrogen and oxygen atoms in total. The average molecular weight is 354 g/mol. The molecule has 0 saturated carbocycles. The smallest absolute Gasteiger partial charge is 0.395 e. The number of para-hydroxylation sites is 2. The first-order valence-corrected chi connectivity index (χ1v) is 9.38.